The fraction of sp³-hybridized carbons (Fsp3) is 0.278. The lowest BCUT2D eigenvalue weighted by Gasteiger charge is -2.26. The highest BCUT2D eigenvalue weighted by molar-refractivity contribution is 7.98. The minimum Gasteiger partial charge on any atom is -0.494 e. The maximum atomic E-state index is 12.8. The normalized spacial score (nSPS) is 13.7. The number of nitrogens with one attached hydrogen (secondary N) is 1. The molecule has 0 aliphatic carbocycles. The van der Waals surface area contributed by atoms with Crippen LogP contribution in [0.4, 0.5) is 0 Å². The van der Waals surface area contributed by atoms with Gasteiger partial charge in [-0.3, -0.25) is 4.79 Å². The van der Waals surface area contributed by atoms with Crippen molar-refractivity contribution in [2.45, 2.75) is 17.9 Å². The summed E-state index contributed by atoms with van der Waals surface area (Å²) < 4.78 is 5.04. The third-order valence-electron chi connectivity index (χ3n) is 4.68. The van der Waals surface area contributed by atoms with Crippen LogP contribution >= 0.6 is 35.0 Å². The molecule has 6 nitrogen and oxygen atoms in total. The quantitative estimate of drug-likeness (QED) is 0.640. The van der Waals surface area contributed by atoms with E-state index in [0.29, 0.717) is 35.3 Å². The Hall–Kier alpha value is -1.96. The number of rotatable bonds is 3. The molecule has 0 unspecified atom stereocenters. The number of fused-ring (bicyclic) bond motifs is 3. The van der Waals surface area contributed by atoms with Crippen molar-refractivity contribution in [3.05, 3.63) is 45.6 Å². The summed E-state index contributed by atoms with van der Waals surface area (Å²) in [6, 6.07) is 2.03. The smallest absolute Gasteiger partial charge is 0.291 e. The van der Waals surface area contributed by atoms with Crippen molar-refractivity contribution in [3.63, 3.8) is 0 Å². The zero-order valence-electron chi connectivity index (χ0n) is 14.7. The Morgan fingerprint density at radius 3 is 2.70 bits per heavy atom. The lowest BCUT2D eigenvalue weighted by molar-refractivity contribution is 0.0722. The van der Waals surface area contributed by atoms with Crippen molar-refractivity contribution >= 4 is 51.8 Å². The first kappa shape index (κ1) is 18.4. The van der Waals surface area contributed by atoms with Crippen LogP contribution in [0.3, 0.4) is 0 Å². The van der Waals surface area contributed by atoms with Gasteiger partial charge in [-0.15, -0.1) is 11.8 Å². The number of ether oxygens (including phenoxy) is 1. The zero-order valence-corrected chi connectivity index (χ0v) is 17.0. The molecule has 0 saturated heterocycles. The summed E-state index contributed by atoms with van der Waals surface area (Å²) in [4.78, 5) is 27.1. The highest BCUT2D eigenvalue weighted by Crippen LogP contribution is 2.41. The second-order valence-corrected chi connectivity index (χ2v) is 7.74. The Labute approximate surface area is 170 Å². The Bertz CT molecular complexity index is 1040. The van der Waals surface area contributed by atoms with Crippen molar-refractivity contribution in [2.24, 2.45) is 0 Å². The van der Waals surface area contributed by atoms with Crippen molar-refractivity contribution in [1.29, 1.82) is 0 Å². The van der Waals surface area contributed by atoms with Gasteiger partial charge in [0.1, 0.15) is 0 Å². The van der Waals surface area contributed by atoms with Crippen LogP contribution in [0.15, 0.2) is 23.4 Å². The molecule has 1 aromatic carbocycles. The number of benzene rings is 1. The zero-order chi connectivity index (χ0) is 19.1. The molecule has 140 valence electrons. The number of aromatic amines is 1. The number of nitrogens with zero attached hydrogens (tertiary/aromatic N) is 3. The van der Waals surface area contributed by atoms with E-state index in [2.05, 4.69) is 15.0 Å². The van der Waals surface area contributed by atoms with Gasteiger partial charge >= 0.3 is 0 Å². The van der Waals surface area contributed by atoms with E-state index >= 15 is 0 Å². The van der Waals surface area contributed by atoms with Gasteiger partial charge in [0, 0.05) is 41.0 Å². The number of thioether (sulfide) groups is 1. The molecule has 9 heteroatoms. The number of hydrogen-bond acceptors (Lipinski definition) is 5. The largest absolute Gasteiger partial charge is 0.494 e. The molecular weight excluding hydrogens is 407 g/mol. The minimum atomic E-state index is -0.206. The van der Waals surface area contributed by atoms with Gasteiger partial charge in [-0.2, -0.15) is 0 Å². The molecule has 1 N–H and O–H groups in total. The standard InChI is InChI=1S/C18H16Cl2N4O2S/c1-26-9-6-21-17(22-7-9)18(25)24-4-3-12-11(8-24)10-5-13(27-2)14(19)15(20)16(10)23-12/h5-7,23H,3-4,8H2,1-2H3. The number of halogens is 2. The first-order valence-electron chi connectivity index (χ1n) is 8.24. The van der Waals surface area contributed by atoms with Crippen molar-refractivity contribution in [1.82, 2.24) is 19.9 Å². The molecule has 0 bridgehead atoms. The summed E-state index contributed by atoms with van der Waals surface area (Å²) in [7, 11) is 1.53. The Morgan fingerprint density at radius 1 is 1.30 bits per heavy atom. The lowest BCUT2D eigenvalue weighted by Crippen LogP contribution is -2.36. The number of aromatic nitrogens is 3. The Balaban J connectivity index is 1.69. The molecule has 2 aromatic heterocycles. The first-order chi connectivity index (χ1) is 13.0. The van der Waals surface area contributed by atoms with Gasteiger partial charge in [0.05, 0.1) is 35.1 Å². The van der Waals surface area contributed by atoms with Gasteiger partial charge in [0.2, 0.25) is 5.82 Å². The van der Waals surface area contributed by atoms with Gasteiger partial charge in [-0.1, -0.05) is 23.2 Å². The molecule has 27 heavy (non-hydrogen) atoms. The molecule has 3 heterocycles. The molecule has 0 fully saturated rings. The van der Waals surface area contributed by atoms with Crippen LogP contribution in [0.5, 0.6) is 5.75 Å². The van der Waals surface area contributed by atoms with E-state index in [-0.39, 0.29) is 11.7 Å². The summed E-state index contributed by atoms with van der Waals surface area (Å²) in [5.41, 5.74) is 2.97. The van der Waals surface area contributed by atoms with E-state index in [9.17, 15) is 4.79 Å². The van der Waals surface area contributed by atoms with Crippen molar-refractivity contribution in [3.8, 4) is 5.75 Å². The van der Waals surface area contributed by atoms with Gasteiger partial charge in [-0.25, -0.2) is 9.97 Å². The molecule has 0 radical (unpaired) electrons. The molecule has 1 aliphatic rings. The highest BCUT2D eigenvalue weighted by atomic mass is 35.5. The van der Waals surface area contributed by atoms with Crippen LogP contribution in [0.1, 0.15) is 21.9 Å². The molecule has 0 atom stereocenters. The monoisotopic (exact) mass is 422 g/mol. The van der Waals surface area contributed by atoms with E-state index in [4.69, 9.17) is 27.9 Å². The average Bonchev–Trinajstić information content (AvgIpc) is 3.08. The number of carbonyl (C=O) groups excluding carboxylic acids is 1. The molecule has 0 spiro atoms. The molecule has 1 amide bonds. The number of amides is 1. The lowest BCUT2D eigenvalue weighted by atomic mass is 10.0. The Morgan fingerprint density at radius 2 is 2.04 bits per heavy atom. The fourth-order valence-corrected chi connectivity index (χ4v) is 4.46. The van der Waals surface area contributed by atoms with Crippen LogP contribution in [0, 0.1) is 0 Å². The van der Waals surface area contributed by atoms with Crippen molar-refractivity contribution in [2.75, 3.05) is 19.9 Å². The maximum absolute atomic E-state index is 12.8. The molecule has 4 rings (SSSR count). The minimum absolute atomic E-state index is 0.157. The van der Waals surface area contributed by atoms with Crippen molar-refractivity contribution < 1.29 is 9.53 Å². The molecule has 0 saturated carbocycles. The van der Waals surface area contributed by atoms with Gasteiger partial charge in [-0.05, 0) is 12.3 Å². The average molecular weight is 423 g/mol. The van der Waals surface area contributed by atoms with E-state index in [1.807, 2.05) is 12.3 Å². The van der Waals surface area contributed by atoms with Crippen LogP contribution in [-0.4, -0.2) is 45.7 Å². The first-order valence-corrected chi connectivity index (χ1v) is 10.2. The second-order valence-electron chi connectivity index (χ2n) is 6.13. The van der Waals surface area contributed by atoms with Crippen LogP contribution in [0.25, 0.3) is 10.9 Å². The highest BCUT2D eigenvalue weighted by Gasteiger charge is 2.27. The second kappa shape index (κ2) is 7.22. The summed E-state index contributed by atoms with van der Waals surface area (Å²) in [5.74, 6) is 0.466. The third kappa shape index (κ3) is 3.13. The number of carbonyl (C=O) groups is 1. The van der Waals surface area contributed by atoms with Gasteiger partial charge in [0.25, 0.3) is 5.91 Å². The number of hydrogen-bond donors (Lipinski definition) is 1. The van der Waals surface area contributed by atoms with E-state index in [0.717, 1.165) is 27.1 Å². The van der Waals surface area contributed by atoms with Crippen LogP contribution in [-0.2, 0) is 13.0 Å². The number of H-pyrrole nitrogens is 1. The van der Waals surface area contributed by atoms with E-state index in [1.165, 1.54) is 19.5 Å². The number of methoxy groups -OCH3 is 1. The summed E-state index contributed by atoms with van der Waals surface area (Å²) in [6.45, 7) is 1.05. The Kier molecular flexibility index (Phi) is 4.92. The molecular formula is C18H16Cl2N4O2S. The fourth-order valence-electron chi connectivity index (χ4n) is 3.26. The topological polar surface area (TPSA) is 71.1 Å². The molecule has 1 aliphatic heterocycles. The van der Waals surface area contributed by atoms with E-state index < -0.39 is 0 Å². The predicted molar refractivity (Wildman–Crippen MR) is 107 cm³/mol. The van der Waals surface area contributed by atoms with Crippen LogP contribution in [0.2, 0.25) is 10.0 Å². The predicted octanol–water partition coefficient (Wildman–Crippen LogP) is 4.19. The van der Waals surface area contributed by atoms with Gasteiger partial charge < -0.3 is 14.6 Å². The molecule has 3 aromatic rings. The summed E-state index contributed by atoms with van der Waals surface area (Å²) in [5, 5.41) is 2.07. The summed E-state index contributed by atoms with van der Waals surface area (Å²) in [6.07, 6.45) is 5.65. The van der Waals surface area contributed by atoms with Crippen LogP contribution < -0.4 is 4.74 Å². The SMILES string of the molecule is COc1cnc(C(=O)N2CCc3[nH]c4c(Cl)c(Cl)c(SC)cc4c3C2)nc1. The van der Waals surface area contributed by atoms with E-state index in [1.54, 1.807) is 16.7 Å². The third-order valence-corrected chi connectivity index (χ3v) is 6.42. The maximum Gasteiger partial charge on any atom is 0.291 e. The summed E-state index contributed by atoms with van der Waals surface area (Å²) >= 11 is 14.4. The van der Waals surface area contributed by atoms with Gasteiger partial charge in [0.15, 0.2) is 5.75 Å².